The zero-order chi connectivity index (χ0) is 15.2. The molecular weight excluding hydrogens is 282 g/mol. The van der Waals surface area contributed by atoms with Crippen LogP contribution in [0.2, 0.25) is 0 Å². The summed E-state index contributed by atoms with van der Waals surface area (Å²) in [6.07, 6.45) is 0.940. The molecule has 7 heteroatoms. The van der Waals surface area contributed by atoms with Gasteiger partial charge in [0.15, 0.2) is 0 Å². The van der Waals surface area contributed by atoms with E-state index in [0.717, 1.165) is 0 Å². The first-order chi connectivity index (χ1) is 9.44. The summed E-state index contributed by atoms with van der Waals surface area (Å²) in [5.74, 6) is -0.520. The third-order valence-corrected chi connectivity index (χ3v) is 4.41. The first kappa shape index (κ1) is 16.6. The number of sulfonamides is 1. The van der Waals surface area contributed by atoms with Crippen LogP contribution in [-0.2, 0) is 14.8 Å². The lowest BCUT2D eigenvalue weighted by Gasteiger charge is -2.16. The summed E-state index contributed by atoms with van der Waals surface area (Å²) in [5, 5.41) is 8.87. The molecule has 0 aliphatic rings. The summed E-state index contributed by atoms with van der Waals surface area (Å²) in [4.78, 5) is 11.3. The molecule has 0 aromatic heterocycles. The molecule has 0 heterocycles. The van der Waals surface area contributed by atoms with E-state index >= 15 is 0 Å². The molecule has 1 aromatic rings. The molecule has 20 heavy (non-hydrogen) atoms. The lowest BCUT2D eigenvalue weighted by atomic mass is 10.2. The van der Waals surface area contributed by atoms with E-state index in [-0.39, 0.29) is 23.1 Å². The Labute approximate surface area is 118 Å². The highest BCUT2D eigenvalue weighted by molar-refractivity contribution is 7.89. The standard InChI is InChI=1S/C13H19NO5S/c1-3-11(8-9-15)14-20(17,18)12-6-4-10(5-7-12)13(16)19-2/h4-7,11,14-15H,3,8-9H2,1-2H3. The molecule has 0 amide bonds. The minimum atomic E-state index is -3.66. The van der Waals surface area contributed by atoms with E-state index in [1.54, 1.807) is 0 Å². The van der Waals surface area contributed by atoms with Crippen LogP contribution in [0.25, 0.3) is 0 Å². The van der Waals surface area contributed by atoms with Gasteiger partial charge in [0.05, 0.1) is 17.6 Å². The van der Waals surface area contributed by atoms with Gasteiger partial charge in [-0.1, -0.05) is 6.92 Å². The highest BCUT2D eigenvalue weighted by Crippen LogP contribution is 2.13. The van der Waals surface area contributed by atoms with Crippen LogP contribution in [0, 0.1) is 0 Å². The topological polar surface area (TPSA) is 92.7 Å². The molecule has 0 radical (unpaired) electrons. The normalized spacial score (nSPS) is 12.9. The van der Waals surface area contributed by atoms with Gasteiger partial charge in [-0.3, -0.25) is 0 Å². The Morgan fingerprint density at radius 3 is 2.40 bits per heavy atom. The van der Waals surface area contributed by atoms with Crippen LogP contribution in [0.1, 0.15) is 30.1 Å². The number of ether oxygens (including phenoxy) is 1. The van der Waals surface area contributed by atoms with Gasteiger partial charge >= 0.3 is 5.97 Å². The maximum atomic E-state index is 12.1. The highest BCUT2D eigenvalue weighted by atomic mass is 32.2. The Kier molecular flexibility index (Phi) is 6.12. The monoisotopic (exact) mass is 301 g/mol. The van der Waals surface area contributed by atoms with Crippen LogP contribution in [0.5, 0.6) is 0 Å². The first-order valence-electron chi connectivity index (χ1n) is 6.26. The number of benzene rings is 1. The number of carbonyl (C=O) groups excluding carboxylic acids is 1. The molecule has 0 bridgehead atoms. The van der Waals surface area contributed by atoms with Crippen LogP contribution in [0.4, 0.5) is 0 Å². The van der Waals surface area contributed by atoms with E-state index < -0.39 is 16.0 Å². The maximum absolute atomic E-state index is 12.1. The second-order valence-corrected chi connectivity index (χ2v) is 5.97. The third kappa shape index (κ3) is 4.29. The second-order valence-electron chi connectivity index (χ2n) is 4.25. The van der Waals surface area contributed by atoms with E-state index in [1.807, 2.05) is 6.92 Å². The minimum Gasteiger partial charge on any atom is -0.465 e. The van der Waals surface area contributed by atoms with Crippen molar-refractivity contribution >= 4 is 16.0 Å². The van der Waals surface area contributed by atoms with Gasteiger partial charge in [0.1, 0.15) is 0 Å². The SMILES string of the molecule is CCC(CCO)NS(=O)(=O)c1ccc(C(=O)OC)cc1. The van der Waals surface area contributed by atoms with Crippen molar-refractivity contribution in [3.63, 3.8) is 0 Å². The maximum Gasteiger partial charge on any atom is 0.337 e. The molecule has 0 fully saturated rings. The molecule has 1 rings (SSSR count). The molecule has 1 atom stereocenters. The number of aliphatic hydroxyl groups is 1. The number of esters is 1. The van der Waals surface area contributed by atoms with Crippen molar-refractivity contribution in [2.45, 2.75) is 30.7 Å². The molecule has 0 aliphatic heterocycles. The van der Waals surface area contributed by atoms with Crippen molar-refractivity contribution in [1.29, 1.82) is 0 Å². The second kappa shape index (κ2) is 7.37. The van der Waals surface area contributed by atoms with Crippen molar-refractivity contribution in [2.24, 2.45) is 0 Å². The largest absolute Gasteiger partial charge is 0.465 e. The van der Waals surface area contributed by atoms with Gasteiger partial charge in [0, 0.05) is 12.6 Å². The Balaban J connectivity index is 2.90. The van der Waals surface area contributed by atoms with Crippen molar-refractivity contribution < 1.29 is 23.1 Å². The van der Waals surface area contributed by atoms with E-state index in [2.05, 4.69) is 9.46 Å². The lowest BCUT2D eigenvalue weighted by molar-refractivity contribution is 0.0600. The van der Waals surface area contributed by atoms with Crippen LogP contribution < -0.4 is 4.72 Å². The van der Waals surface area contributed by atoms with Gasteiger partial charge in [-0.2, -0.15) is 0 Å². The van der Waals surface area contributed by atoms with Gasteiger partial charge < -0.3 is 9.84 Å². The van der Waals surface area contributed by atoms with E-state index in [9.17, 15) is 13.2 Å². The van der Waals surface area contributed by atoms with Crippen molar-refractivity contribution in [2.75, 3.05) is 13.7 Å². The smallest absolute Gasteiger partial charge is 0.337 e. The summed E-state index contributed by atoms with van der Waals surface area (Å²) in [5.41, 5.74) is 0.286. The minimum absolute atomic E-state index is 0.0709. The fourth-order valence-electron chi connectivity index (χ4n) is 1.68. The van der Waals surface area contributed by atoms with Crippen molar-refractivity contribution in [1.82, 2.24) is 4.72 Å². The molecule has 0 aliphatic carbocycles. The first-order valence-corrected chi connectivity index (χ1v) is 7.74. The van der Waals surface area contributed by atoms with Gasteiger partial charge in [-0.25, -0.2) is 17.9 Å². The lowest BCUT2D eigenvalue weighted by Crippen LogP contribution is -2.35. The fraction of sp³-hybridized carbons (Fsp3) is 0.462. The fourth-order valence-corrected chi connectivity index (χ4v) is 3.03. The number of rotatable bonds is 7. The molecule has 2 N–H and O–H groups in total. The number of aliphatic hydroxyl groups excluding tert-OH is 1. The van der Waals surface area contributed by atoms with Crippen LogP contribution in [0.3, 0.4) is 0 Å². The molecule has 1 unspecified atom stereocenters. The van der Waals surface area contributed by atoms with Gasteiger partial charge in [0.2, 0.25) is 10.0 Å². The number of carbonyl (C=O) groups is 1. The van der Waals surface area contributed by atoms with Crippen LogP contribution in [0.15, 0.2) is 29.2 Å². The Morgan fingerprint density at radius 1 is 1.35 bits per heavy atom. The van der Waals surface area contributed by atoms with E-state index in [0.29, 0.717) is 12.8 Å². The predicted octanol–water partition coefficient (Wildman–Crippen LogP) is 0.912. The van der Waals surface area contributed by atoms with Crippen LogP contribution in [-0.4, -0.2) is 39.3 Å². The van der Waals surface area contributed by atoms with Crippen molar-refractivity contribution in [3.05, 3.63) is 29.8 Å². The Bertz CT molecular complexity index is 538. The molecule has 0 saturated heterocycles. The summed E-state index contributed by atoms with van der Waals surface area (Å²) in [7, 11) is -2.40. The van der Waals surface area contributed by atoms with E-state index in [4.69, 9.17) is 5.11 Å². The zero-order valence-electron chi connectivity index (χ0n) is 11.5. The van der Waals surface area contributed by atoms with Crippen molar-refractivity contribution in [3.8, 4) is 0 Å². The molecular formula is C13H19NO5S. The quantitative estimate of drug-likeness (QED) is 0.730. The average molecular weight is 301 g/mol. The summed E-state index contributed by atoms with van der Waals surface area (Å²) >= 11 is 0. The third-order valence-electron chi connectivity index (χ3n) is 2.88. The highest BCUT2D eigenvalue weighted by Gasteiger charge is 2.19. The summed E-state index contributed by atoms with van der Waals surface area (Å²) in [6.45, 7) is 1.76. The van der Waals surface area contributed by atoms with Gasteiger partial charge in [-0.05, 0) is 37.1 Å². The molecule has 112 valence electrons. The average Bonchev–Trinajstić information content (AvgIpc) is 2.45. The van der Waals surface area contributed by atoms with Gasteiger partial charge in [-0.15, -0.1) is 0 Å². The zero-order valence-corrected chi connectivity index (χ0v) is 12.3. The van der Waals surface area contributed by atoms with E-state index in [1.165, 1.54) is 31.4 Å². The van der Waals surface area contributed by atoms with Crippen LogP contribution >= 0.6 is 0 Å². The summed E-state index contributed by atoms with van der Waals surface area (Å²) in [6, 6.07) is 5.17. The molecule has 6 nitrogen and oxygen atoms in total. The Hall–Kier alpha value is -1.44. The molecule has 1 aromatic carbocycles. The molecule has 0 spiro atoms. The number of nitrogens with one attached hydrogen (secondary N) is 1. The Morgan fingerprint density at radius 2 is 1.95 bits per heavy atom. The number of methoxy groups -OCH3 is 1. The summed E-state index contributed by atoms with van der Waals surface area (Å²) < 4.78 is 31.3. The molecule has 0 saturated carbocycles. The predicted molar refractivity (Wildman–Crippen MR) is 73.9 cm³/mol. The number of hydrogen-bond donors (Lipinski definition) is 2. The number of hydrogen-bond acceptors (Lipinski definition) is 5. The van der Waals surface area contributed by atoms with Gasteiger partial charge in [0.25, 0.3) is 0 Å².